The molecule has 0 saturated carbocycles. The number of quaternary nitrogens is 1. The summed E-state index contributed by atoms with van der Waals surface area (Å²) in [4.78, 5) is 23.7. The van der Waals surface area contributed by atoms with Crippen molar-refractivity contribution >= 4 is 13.8 Å². The summed E-state index contributed by atoms with van der Waals surface area (Å²) in [6.07, 6.45) is 45.9. The number of hydrogen-bond acceptors (Lipinski definition) is 7. The molecule has 8 nitrogen and oxygen atoms in total. The Hall–Kier alpha value is -0.500. The summed E-state index contributed by atoms with van der Waals surface area (Å²) in [5, 5.41) is 9.89. The molecule has 2 unspecified atom stereocenters. The number of phosphoric acid groups is 1. The van der Waals surface area contributed by atoms with Crippen LogP contribution in [0, 0.1) is 0 Å². The monoisotopic (exact) mass is 790 g/mol. The van der Waals surface area contributed by atoms with Crippen LogP contribution in [-0.2, 0) is 23.1 Å². The van der Waals surface area contributed by atoms with Crippen LogP contribution in [0.15, 0.2) is 0 Å². The summed E-state index contributed by atoms with van der Waals surface area (Å²) in [6, 6.07) is 0. The number of aliphatic hydroxyl groups excluding tert-OH is 1. The minimum atomic E-state index is -4.50. The number of carbonyl (C=O) groups is 1. The van der Waals surface area contributed by atoms with Gasteiger partial charge in [0.25, 0.3) is 7.82 Å². The SMILES string of the molecule is CCCCCCCCCCCCCCCCCCCCCCCCCCCCCCCCCCCCC(=O)OCC(O)COP(=O)([O-])OCC[N+](C)(C)C. The van der Waals surface area contributed by atoms with Crippen LogP contribution < -0.4 is 4.89 Å². The van der Waals surface area contributed by atoms with Crippen molar-refractivity contribution in [2.75, 3.05) is 47.5 Å². The summed E-state index contributed by atoms with van der Waals surface area (Å²) in [5.41, 5.74) is 0. The molecule has 2 atom stereocenters. The largest absolute Gasteiger partial charge is 0.756 e. The molecule has 54 heavy (non-hydrogen) atoms. The zero-order chi connectivity index (χ0) is 39.9. The molecule has 9 heteroatoms. The Kier molecular flexibility index (Phi) is 39.0. The van der Waals surface area contributed by atoms with E-state index in [1.807, 2.05) is 21.1 Å². The first kappa shape index (κ1) is 53.5. The first-order chi connectivity index (χ1) is 26.1. The lowest BCUT2D eigenvalue weighted by molar-refractivity contribution is -0.870. The zero-order valence-corrected chi connectivity index (χ0v) is 37.3. The van der Waals surface area contributed by atoms with Crippen LogP contribution in [0.2, 0.25) is 0 Å². The van der Waals surface area contributed by atoms with Gasteiger partial charge in [-0.3, -0.25) is 9.36 Å². The molecule has 0 aliphatic heterocycles. The fraction of sp³-hybridized carbons (Fsp3) is 0.978. The molecule has 0 bridgehead atoms. The van der Waals surface area contributed by atoms with E-state index in [9.17, 15) is 19.4 Å². The minimum absolute atomic E-state index is 0.00485. The number of ether oxygens (including phenoxy) is 1. The molecule has 0 aromatic rings. The van der Waals surface area contributed by atoms with Crippen molar-refractivity contribution in [1.29, 1.82) is 0 Å². The van der Waals surface area contributed by atoms with Gasteiger partial charge in [-0.15, -0.1) is 0 Å². The highest BCUT2D eigenvalue weighted by atomic mass is 31.2. The predicted molar refractivity (Wildman–Crippen MR) is 227 cm³/mol. The van der Waals surface area contributed by atoms with E-state index in [0.29, 0.717) is 17.4 Å². The van der Waals surface area contributed by atoms with Gasteiger partial charge in [-0.2, -0.15) is 0 Å². The number of phosphoric ester groups is 1. The van der Waals surface area contributed by atoms with Crippen molar-refractivity contribution in [3.05, 3.63) is 0 Å². The molecule has 0 radical (unpaired) electrons. The van der Waals surface area contributed by atoms with Crippen LogP contribution in [0.3, 0.4) is 0 Å². The number of aliphatic hydroxyl groups is 1. The van der Waals surface area contributed by atoms with Crippen molar-refractivity contribution in [2.45, 2.75) is 238 Å². The summed E-state index contributed by atoms with van der Waals surface area (Å²) in [6.45, 7) is 1.99. The molecule has 0 fully saturated rings. The number of likely N-dealkylation sites (N-methyl/N-ethyl adjacent to an activating group) is 1. The lowest BCUT2D eigenvalue weighted by Crippen LogP contribution is -2.37. The van der Waals surface area contributed by atoms with Gasteiger partial charge in [0.05, 0.1) is 27.7 Å². The van der Waals surface area contributed by atoms with Gasteiger partial charge in [-0.25, -0.2) is 0 Å². The van der Waals surface area contributed by atoms with E-state index in [0.717, 1.165) is 19.3 Å². The second-order valence-corrected chi connectivity index (χ2v) is 18.8. The quantitative estimate of drug-likeness (QED) is 0.0283. The fourth-order valence-corrected chi connectivity index (χ4v) is 7.68. The van der Waals surface area contributed by atoms with Crippen molar-refractivity contribution in [1.82, 2.24) is 0 Å². The third-order valence-corrected chi connectivity index (χ3v) is 11.6. The molecule has 0 aromatic carbocycles. The molecule has 0 aromatic heterocycles. The standard InChI is InChI=1S/C45H92NO7P/c1-5-6-7-8-9-10-11-12-13-14-15-16-17-18-19-20-21-22-23-24-25-26-27-28-29-30-31-32-33-34-35-36-37-38-39-45(48)51-42-44(47)43-53-54(49,50)52-41-40-46(2,3)4/h44,47H,5-43H2,1-4H3. The van der Waals surface area contributed by atoms with E-state index in [4.69, 9.17) is 13.8 Å². The number of esters is 1. The topological polar surface area (TPSA) is 105 Å². The summed E-state index contributed by atoms with van der Waals surface area (Å²) in [5.74, 6) is -0.380. The second-order valence-electron chi connectivity index (χ2n) is 17.3. The predicted octanol–water partition coefficient (Wildman–Crippen LogP) is 12.8. The van der Waals surface area contributed by atoms with Crippen LogP contribution in [0.1, 0.15) is 232 Å². The van der Waals surface area contributed by atoms with E-state index in [-0.39, 0.29) is 19.2 Å². The number of hydrogen-bond donors (Lipinski definition) is 1. The van der Waals surface area contributed by atoms with Gasteiger partial charge < -0.3 is 28.3 Å². The highest BCUT2D eigenvalue weighted by Crippen LogP contribution is 2.38. The summed E-state index contributed by atoms with van der Waals surface area (Å²) in [7, 11) is 1.26. The van der Waals surface area contributed by atoms with Crippen LogP contribution in [0.4, 0.5) is 0 Å². The van der Waals surface area contributed by atoms with Crippen LogP contribution in [-0.4, -0.2) is 69.2 Å². The van der Waals surface area contributed by atoms with Gasteiger partial charge in [-0.1, -0.05) is 219 Å². The van der Waals surface area contributed by atoms with Gasteiger partial charge in [-0.05, 0) is 6.42 Å². The van der Waals surface area contributed by atoms with Crippen LogP contribution >= 0.6 is 7.82 Å². The first-order valence-corrected chi connectivity index (χ1v) is 24.8. The zero-order valence-electron chi connectivity index (χ0n) is 36.4. The number of unbranched alkanes of at least 4 members (excludes halogenated alkanes) is 33. The average Bonchev–Trinajstić information content (AvgIpc) is 3.12. The maximum absolute atomic E-state index is 11.9. The lowest BCUT2D eigenvalue weighted by atomic mass is 10.0. The number of carbonyl (C=O) groups excluding carboxylic acids is 1. The maximum atomic E-state index is 11.9. The Labute approximate surface area is 335 Å². The molecule has 1 N–H and O–H groups in total. The normalized spacial score (nSPS) is 13.7. The third kappa shape index (κ3) is 44.2. The van der Waals surface area contributed by atoms with Gasteiger partial charge in [0.1, 0.15) is 25.9 Å². The van der Waals surface area contributed by atoms with E-state index in [1.54, 1.807) is 0 Å². The van der Waals surface area contributed by atoms with Gasteiger partial charge in [0, 0.05) is 6.42 Å². The summed E-state index contributed by atoms with van der Waals surface area (Å²) >= 11 is 0. The molecule has 0 spiro atoms. The van der Waals surface area contributed by atoms with Gasteiger partial charge in [0.15, 0.2) is 0 Å². The van der Waals surface area contributed by atoms with Crippen molar-refractivity contribution < 1.29 is 37.6 Å². The molecule has 0 rings (SSSR count). The Morgan fingerprint density at radius 3 is 1.11 bits per heavy atom. The molecule has 324 valence electrons. The van der Waals surface area contributed by atoms with Crippen LogP contribution in [0.25, 0.3) is 0 Å². The van der Waals surface area contributed by atoms with E-state index < -0.39 is 20.5 Å². The van der Waals surface area contributed by atoms with E-state index in [1.165, 1.54) is 199 Å². The van der Waals surface area contributed by atoms with E-state index >= 15 is 0 Å². The van der Waals surface area contributed by atoms with Crippen molar-refractivity contribution in [3.63, 3.8) is 0 Å². The molecular formula is C45H92NO7P. The lowest BCUT2D eigenvalue weighted by Gasteiger charge is -2.27. The Morgan fingerprint density at radius 1 is 0.519 bits per heavy atom. The Morgan fingerprint density at radius 2 is 0.815 bits per heavy atom. The molecule has 0 amide bonds. The van der Waals surface area contributed by atoms with E-state index in [2.05, 4.69) is 6.92 Å². The second kappa shape index (κ2) is 39.3. The molecule has 0 aliphatic carbocycles. The number of rotatable bonds is 44. The molecule has 0 aliphatic rings. The van der Waals surface area contributed by atoms with Crippen molar-refractivity contribution in [2.24, 2.45) is 0 Å². The highest BCUT2D eigenvalue weighted by molar-refractivity contribution is 7.45. The average molecular weight is 790 g/mol. The van der Waals surface area contributed by atoms with Crippen LogP contribution in [0.5, 0.6) is 0 Å². The molecule has 0 saturated heterocycles. The smallest absolute Gasteiger partial charge is 0.305 e. The Balaban J connectivity index is 3.28. The Bertz CT molecular complexity index is 837. The van der Waals surface area contributed by atoms with Gasteiger partial charge in [0.2, 0.25) is 0 Å². The van der Waals surface area contributed by atoms with Gasteiger partial charge >= 0.3 is 5.97 Å². The summed E-state index contributed by atoms with van der Waals surface area (Å²) < 4.78 is 26.9. The highest BCUT2D eigenvalue weighted by Gasteiger charge is 2.17. The molecular weight excluding hydrogens is 697 g/mol. The minimum Gasteiger partial charge on any atom is -0.756 e. The first-order valence-electron chi connectivity index (χ1n) is 23.3. The maximum Gasteiger partial charge on any atom is 0.305 e. The van der Waals surface area contributed by atoms with Crippen molar-refractivity contribution in [3.8, 4) is 0 Å². The third-order valence-electron chi connectivity index (χ3n) is 10.6. The molecule has 0 heterocycles. The number of nitrogens with zero attached hydrogens (tertiary/aromatic N) is 1. The fourth-order valence-electron chi connectivity index (χ4n) is 6.95.